The lowest BCUT2D eigenvalue weighted by molar-refractivity contribution is 0.0943. The predicted molar refractivity (Wildman–Crippen MR) is 108 cm³/mol. The van der Waals surface area contributed by atoms with Gasteiger partial charge in [-0.15, -0.1) is 0 Å². The zero-order valence-corrected chi connectivity index (χ0v) is 16.6. The van der Waals surface area contributed by atoms with E-state index in [0.717, 1.165) is 23.1 Å². The van der Waals surface area contributed by atoms with Gasteiger partial charge in [0, 0.05) is 36.1 Å². The van der Waals surface area contributed by atoms with Crippen LogP contribution in [0.1, 0.15) is 30.8 Å². The fraction of sp³-hybridized carbons (Fsp3) is 0.318. The smallest absolute Gasteiger partial charge is 0.273 e. The quantitative estimate of drug-likeness (QED) is 0.730. The van der Waals surface area contributed by atoms with Crippen LogP contribution in [0.3, 0.4) is 0 Å². The third-order valence-electron chi connectivity index (χ3n) is 4.87. The molecular formula is C22H23FN4O2. The zero-order chi connectivity index (χ0) is 20.5. The van der Waals surface area contributed by atoms with Crippen molar-refractivity contribution in [2.75, 3.05) is 6.54 Å². The number of nitrogens with one attached hydrogen (secondary N) is 1. The third-order valence-corrected chi connectivity index (χ3v) is 4.87. The van der Waals surface area contributed by atoms with E-state index in [2.05, 4.69) is 29.2 Å². The number of hydrogen-bond donors (Lipinski definition) is 1. The zero-order valence-electron chi connectivity index (χ0n) is 16.6. The summed E-state index contributed by atoms with van der Waals surface area (Å²) >= 11 is 0. The second-order valence-corrected chi connectivity index (χ2v) is 7.69. The van der Waals surface area contributed by atoms with Crippen molar-refractivity contribution in [3.63, 3.8) is 0 Å². The van der Waals surface area contributed by atoms with Crippen molar-refractivity contribution in [2.45, 2.75) is 26.4 Å². The van der Waals surface area contributed by atoms with E-state index in [0.29, 0.717) is 23.9 Å². The van der Waals surface area contributed by atoms with Gasteiger partial charge in [0.05, 0.1) is 6.54 Å². The lowest BCUT2D eigenvalue weighted by Crippen LogP contribution is -2.32. The second-order valence-electron chi connectivity index (χ2n) is 7.69. The van der Waals surface area contributed by atoms with Gasteiger partial charge in [0.25, 0.3) is 5.91 Å². The number of ether oxygens (including phenoxy) is 1. The molecule has 7 heteroatoms. The Labute approximate surface area is 168 Å². The van der Waals surface area contributed by atoms with Crippen LogP contribution in [0.2, 0.25) is 0 Å². The van der Waals surface area contributed by atoms with Crippen molar-refractivity contribution < 1.29 is 13.9 Å². The highest BCUT2D eigenvalue weighted by atomic mass is 19.1. The minimum atomic E-state index is -0.305. The first-order valence-corrected chi connectivity index (χ1v) is 9.66. The van der Waals surface area contributed by atoms with Crippen LogP contribution in [0.15, 0.2) is 42.7 Å². The van der Waals surface area contributed by atoms with Crippen LogP contribution < -0.4 is 10.1 Å². The Morgan fingerprint density at radius 2 is 1.97 bits per heavy atom. The summed E-state index contributed by atoms with van der Waals surface area (Å²) in [7, 11) is 1.82. The van der Waals surface area contributed by atoms with E-state index in [1.807, 2.05) is 19.3 Å². The minimum absolute atomic E-state index is 0.144. The van der Waals surface area contributed by atoms with Gasteiger partial charge in [0.1, 0.15) is 17.6 Å². The molecule has 1 unspecified atom stereocenters. The van der Waals surface area contributed by atoms with Crippen LogP contribution in [0.5, 0.6) is 5.75 Å². The van der Waals surface area contributed by atoms with Crippen molar-refractivity contribution in [3.8, 4) is 28.1 Å². The fourth-order valence-corrected chi connectivity index (χ4v) is 3.60. The van der Waals surface area contributed by atoms with E-state index >= 15 is 0 Å². The normalized spacial score (nSPS) is 16.2. The molecule has 0 radical (unpaired) electrons. The second kappa shape index (κ2) is 7.66. The number of fused-ring (bicyclic) bond motifs is 1. The number of halogens is 1. The van der Waals surface area contributed by atoms with Gasteiger partial charge in [-0.3, -0.25) is 9.48 Å². The van der Waals surface area contributed by atoms with Crippen LogP contribution in [-0.2, 0) is 7.05 Å². The van der Waals surface area contributed by atoms with Gasteiger partial charge in [-0.05, 0) is 42.7 Å². The molecule has 6 nitrogen and oxygen atoms in total. The maximum absolute atomic E-state index is 13.4. The Balaban J connectivity index is 1.85. The number of carbonyl (C=O) groups is 1. The summed E-state index contributed by atoms with van der Waals surface area (Å²) in [5, 5.41) is 7.47. The molecule has 0 saturated heterocycles. The summed E-state index contributed by atoms with van der Waals surface area (Å²) in [6.45, 7) is 4.68. The Bertz CT molecular complexity index is 1040. The summed E-state index contributed by atoms with van der Waals surface area (Å²) in [6, 6.07) is 8.02. The van der Waals surface area contributed by atoms with E-state index in [-0.39, 0.29) is 23.5 Å². The van der Waals surface area contributed by atoms with E-state index in [9.17, 15) is 9.18 Å². The Kier molecular flexibility index (Phi) is 5.05. The van der Waals surface area contributed by atoms with Gasteiger partial charge in [-0.2, -0.15) is 5.10 Å². The van der Waals surface area contributed by atoms with E-state index in [4.69, 9.17) is 4.74 Å². The van der Waals surface area contributed by atoms with Crippen LogP contribution >= 0.6 is 0 Å². The molecule has 29 heavy (non-hydrogen) atoms. The van der Waals surface area contributed by atoms with Crippen molar-refractivity contribution in [1.29, 1.82) is 0 Å². The lowest BCUT2D eigenvalue weighted by Gasteiger charge is -2.20. The average Bonchev–Trinajstić information content (AvgIpc) is 2.99. The van der Waals surface area contributed by atoms with Crippen LogP contribution in [-0.4, -0.2) is 33.3 Å². The Morgan fingerprint density at radius 1 is 1.21 bits per heavy atom. The summed E-state index contributed by atoms with van der Waals surface area (Å²) in [5.74, 6) is 0.331. The summed E-state index contributed by atoms with van der Waals surface area (Å²) in [6.07, 6.45) is 4.14. The van der Waals surface area contributed by atoms with Crippen molar-refractivity contribution in [2.24, 2.45) is 13.0 Å². The summed E-state index contributed by atoms with van der Waals surface area (Å²) in [5.41, 5.74) is 3.28. The van der Waals surface area contributed by atoms with Gasteiger partial charge < -0.3 is 10.1 Å². The molecule has 0 saturated carbocycles. The van der Waals surface area contributed by atoms with Crippen LogP contribution in [0.25, 0.3) is 22.4 Å². The minimum Gasteiger partial charge on any atom is -0.485 e. The highest BCUT2D eigenvalue weighted by molar-refractivity contribution is 5.98. The van der Waals surface area contributed by atoms with E-state index in [1.54, 1.807) is 23.0 Å². The third kappa shape index (κ3) is 3.85. The SMILES string of the molecule is CC(C)CC1CNC(=O)c2nccc(-c3cn(C)nc3-c3ccc(F)cc3)c2O1. The Hall–Kier alpha value is -3.22. The first-order valence-electron chi connectivity index (χ1n) is 9.66. The molecule has 2 aromatic heterocycles. The van der Waals surface area contributed by atoms with Gasteiger partial charge in [0.15, 0.2) is 11.4 Å². The maximum atomic E-state index is 13.4. The molecule has 1 atom stereocenters. The largest absolute Gasteiger partial charge is 0.485 e. The number of benzene rings is 1. The molecule has 150 valence electrons. The number of rotatable bonds is 4. The maximum Gasteiger partial charge on any atom is 0.273 e. The molecule has 3 aromatic rings. The number of pyridine rings is 1. The number of aromatic nitrogens is 3. The molecule has 0 fully saturated rings. The van der Waals surface area contributed by atoms with Gasteiger partial charge in [0.2, 0.25) is 0 Å². The number of carbonyl (C=O) groups excluding carboxylic acids is 1. The van der Waals surface area contributed by atoms with Gasteiger partial charge >= 0.3 is 0 Å². The molecule has 1 aliphatic heterocycles. The monoisotopic (exact) mass is 394 g/mol. The molecule has 1 N–H and O–H groups in total. The number of aryl methyl sites for hydroxylation is 1. The van der Waals surface area contributed by atoms with Crippen molar-refractivity contribution in [1.82, 2.24) is 20.1 Å². The van der Waals surface area contributed by atoms with Crippen LogP contribution in [0.4, 0.5) is 4.39 Å². The molecule has 0 spiro atoms. The predicted octanol–water partition coefficient (Wildman–Crippen LogP) is 3.83. The molecular weight excluding hydrogens is 371 g/mol. The standard InChI is InChI=1S/C22H23FN4O2/c1-13(2)10-16-11-25-22(28)20-21(29-16)17(8-9-24-20)18-12-27(3)26-19(18)14-4-6-15(23)7-5-14/h4-9,12-13,16H,10-11H2,1-3H3,(H,25,28). The number of hydrogen-bond acceptors (Lipinski definition) is 4. The molecule has 4 rings (SSSR count). The molecule has 1 aliphatic rings. The van der Waals surface area contributed by atoms with E-state index < -0.39 is 0 Å². The summed E-state index contributed by atoms with van der Waals surface area (Å²) in [4.78, 5) is 16.9. The van der Waals surface area contributed by atoms with E-state index in [1.165, 1.54) is 12.1 Å². The number of nitrogens with zero attached hydrogens (tertiary/aromatic N) is 3. The highest BCUT2D eigenvalue weighted by Gasteiger charge is 2.28. The van der Waals surface area contributed by atoms with Gasteiger partial charge in [-0.25, -0.2) is 9.37 Å². The highest BCUT2D eigenvalue weighted by Crippen LogP contribution is 2.39. The van der Waals surface area contributed by atoms with Crippen molar-refractivity contribution in [3.05, 3.63) is 54.2 Å². The molecule has 0 bridgehead atoms. The summed E-state index contributed by atoms with van der Waals surface area (Å²) < 4.78 is 21.4. The molecule has 0 aliphatic carbocycles. The first kappa shape index (κ1) is 19.1. The Morgan fingerprint density at radius 3 is 2.69 bits per heavy atom. The average molecular weight is 394 g/mol. The first-order chi connectivity index (χ1) is 13.9. The lowest BCUT2D eigenvalue weighted by atomic mass is 10.0. The van der Waals surface area contributed by atoms with Crippen LogP contribution in [0, 0.1) is 11.7 Å². The van der Waals surface area contributed by atoms with Gasteiger partial charge in [-0.1, -0.05) is 13.8 Å². The fourth-order valence-electron chi connectivity index (χ4n) is 3.60. The topological polar surface area (TPSA) is 69.0 Å². The molecule has 1 aromatic carbocycles. The van der Waals surface area contributed by atoms with Crippen molar-refractivity contribution >= 4 is 5.91 Å². The molecule has 3 heterocycles. The molecule has 1 amide bonds. The number of amides is 1.